The Kier molecular flexibility index (Phi) is 8.55. The summed E-state index contributed by atoms with van der Waals surface area (Å²) in [6.07, 6.45) is 0.520. The molecule has 28 heavy (non-hydrogen) atoms. The van der Waals surface area contributed by atoms with Crippen molar-refractivity contribution in [1.29, 1.82) is 0 Å². The van der Waals surface area contributed by atoms with Crippen LogP contribution >= 0.6 is 11.6 Å². The number of rotatable bonds is 10. The van der Waals surface area contributed by atoms with E-state index in [1.54, 1.807) is 12.1 Å². The maximum absolute atomic E-state index is 13.0. The van der Waals surface area contributed by atoms with Gasteiger partial charge in [0.2, 0.25) is 0 Å². The largest absolute Gasteiger partial charge is 0.490 e. The van der Waals surface area contributed by atoms with E-state index in [4.69, 9.17) is 25.8 Å². The van der Waals surface area contributed by atoms with Gasteiger partial charge < -0.3 is 19.5 Å². The lowest BCUT2D eigenvalue weighted by Gasteiger charge is -2.11. The molecule has 0 radical (unpaired) electrons. The molecule has 0 heterocycles. The van der Waals surface area contributed by atoms with Gasteiger partial charge in [0.15, 0.2) is 18.1 Å². The summed E-state index contributed by atoms with van der Waals surface area (Å²) in [7, 11) is 0. The van der Waals surface area contributed by atoms with E-state index in [9.17, 15) is 14.0 Å². The maximum Gasteiger partial charge on any atom is 0.306 e. The topological polar surface area (TPSA) is 73.9 Å². The molecule has 0 aromatic heterocycles. The summed E-state index contributed by atoms with van der Waals surface area (Å²) in [5.41, 5.74) is 0.241. The van der Waals surface area contributed by atoms with Gasteiger partial charge in [-0.25, -0.2) is 4.39 Å². The van der Waals surface area contributed by atoms with Crippen LogP contribution in [-0.2, 0) is 14.3 Å². The Balaban J connectivity index is 1.66. The second-order valence-electron chi connectivity index (χ2n) is 5.66. The zero-order valence-electron chi connectivity index (χ0n) is 15.4. The molecule has 0 unspecified atom stereocenters. The van der Waals surface area contributed by atoms with Gasteiger partial charge in [-0.1, -0.05) is 23.7 Å². The molecule has 8 heteroatoms. The molecule has 1 amide bonds. The molecule has 0 fully saturated rings. The fourth-order valence-electron chi connectivity index (χ4n) is 2.24. The molecule has 0 atom stereocenters. The minimum Gasteiger partial charge on any atom is -0.490 e. The molecule has 150 valence electrons. The fraction of sp³-hybridized carbons (Fsp3) is 0.300. The standard InChI is InChI=1S/C20H21ClFNO5/c1-2-26-17-6-3-4-7-18(17)27-11-5-8-20(25)28-13-19(24)23-16-10-9-14(22)12-15(16)21/h3-4,6-7,9-10,12H,2,5,8,11,13H2,1H3,(H,23,24). The van der Waals surface area contributed by atoms with Crippen molar-refractivity contribution in [3.8, 4) is 11.5 Å². The van der Waals surface area contributed by atoms with Crippen LogP contribution in [0.4, 0.5) is 10.1 Å². The van der Waals surface area contributed by atoms with Crippen LogP contribution in [0.5, 0.6) is 11.5 Å². The molecule has 2 aromatic rings. The van der Waals surface area contributed by atoms with Crippen molar-refractivity contribution < 1.29 is 28.2 Å². The summed E-state index contributed by atoms with van der Waals surface area (Å²) < 4.78 is 28.9. The number of halogens is 2. The molecule has 1 N–H and O–H groups in total. The quantitative estimate of drug-likeness (QED) is 0.470. The number of amides is 1. The zero-order valence-corrected chi connectivity index (χ0v) is 16.1. The average Bonchev–Trinajstić information content (AvgIpc) is 2.67. The van der Waals surface area contributed by atoms with Crippen LogP contribution in [-0.4, -0.2) is 31.7 Å². The number of para-hydroxylation sites is 2. The van der Waals surface area contributed by atoms with Crippen LogP contribution in [0.3, 0.4) is 0 Å². The number of anilines is 1. The van der Waals surface area contributed by atoms with Crippen molar-refractivity contribution in [3.63, 3.8) is 0 Å². The molecule has 2 rings (SSSR count). The Morgan fingerprint density at radius 1 is 1.11 bits per heavy atom. The van der Waals surface area contributed by atoms with Crippen LogP contribution in [0.15, 0.2) is 42.5 Å². The third-order valence-electron chi connectivity index (χ3n) is 3.50. The van der Waals surface area contributed by atoms with Crippen molar-refractivity contribution in [2.24, 2.45) is 0 Å². The number of carbonyl (C=O) groups is 2. The minimum atomic E-state index is -0.566. The molecule has 0 spiro atoms. The number of hydrogen-bond acceptors (Lipinski definition) is 5. The van der Waals surface area contributed by atoms with Gasteiger partial charge in [0.05, 0.1) is 23.9 Å². The van der Waals surface area contributed by atoms with Crippen LogP contribution in [0.2, 0.25) is 5.02 Å². The zero-order chi connectivity index (χ0) is 20.4. The van der Waals surface area contributed by atoms with Crippen LogP contribution in [0, 0.1) is 5.82 Å². The van der Waals surface area contributed by atoms with Crippen LogP contribution in [0.25, 0.3) is 0 Å². The summed E-state index contributed by atoms with van der Waals surface area (Å²) >= 11 is 5.82. The molecule has 6 nitrogen and oxygen atoms in total. The highest BCUT2D eigenvalue weighted by Crippen LogP contribution is 2.26. The third kappa shape index (κ3) is 7.08. The van der Waals surface area contributed by atoms with Crippen molar-refractivity contribution in [3.05, 3.63) is 53.3 Å². The van der Waals surface area contributed by atoms with E-state index >= 15 is 0 Å². The van der Waals surface area contributed by atoms with Crippen molar-refractivity contribution >= 4 is 29.2 Å². The fourth-order valence-corrected chi connectivity index (χ4v) is 2.45. The number of esters is 1. The molecule has 0 aliphatic rings. The number of hydrogen-bond donors (Lipinski definition) is 1. The monoisotopic (exact) mass is 409 g/mol. The van der Waals surface area contributed by atoms with Gasteiger partial charge in [-0.3, -0.25) is 9.59 Å². The SMILES string of the molecule is CCOc1ccccc1OCCCC(=O)OCC(=O)Nc1ccc(F)cc1Cl. The maximum atomic E-state index is 13.0. The number of carbonyl (C=O) groups excluding carboxylic acids is 2. The Morgan fingerprint density at radius 2 is 1.82 bits per heavy atom. The molecule has 0 saturated heterocycles. The van der Waals surface area contributed by atoms with Crippen LogP contribution < -0.4 is 14.8 Å². The normalized spacial score (nSPS) is 10.2. The number of ether oxygens (including phenoxy) is 3. The lowest BCUT2D eigenvalue weighted by molar-refractivity contribution is -0.147. The van der Waals surface area contributed by atoms with Gasteiger partial charge in [0, 0.05) is 6.42 Å². The summed E-state index contributed by atoms with van der Waals surface area (Å²) in [5.74, 6) is -0.358. The van der Waals surface area contributed by atoms with E-state index in [0.29, 0.717) is 31.1 Å². The Morgan fingerprint density at radius 3 is 2.50 bits per heavy atom. The smallest absolute Gasteiger partial charge is 0.306 e. The van der Waals surface area contributed by atoms with Gasteiger partial charge in [-0.15, -0.1) is 0 Å². The first kappa shape index (κ1) is 21.5. The molecule has 0 bridgehead atoms. The minimum absolute atomic E-state index is 0.0594. The number of nitrogens with one attached hydrogen (secondary N) is 1. The van der Waals surface area contributed by atoms with E-state index in [2.05, 4.69) is 5.32 Å². The molecule has 0 aliphatic heterocycles. The summed E-state index contributed by atoms with van der Waals surface area (Å²) in [4.78, 5) is 23.5. The van der Waals surface area contributed by atoms with E-state index in [1.807, 2.05) is 19.1 Å². The highest BCUT2D eigenvalue weighted by atomic mass is 35.5. The first-order valence-electron chi connectivity index (χ1n) is 8.74. The van der Waals surface area contributed by atoms with E-state index in [0.717, 1.165) is 12.1 Å². The number of benzene rings is 2. The summed E-state index contributed by atoms with van der Waals surface area (Å²) in [6, 6.07) is 10.8. The average molecular weight is 410 g/mol. The van der Waals surface area contributed by atoms with Gasteiger partial charge in [-0.2, -0.15) is 0 Å². The molecular weight excluding hydrogens is 389 g/mol. The van der Waals surface area contributed by atoms with Crippen molar-refractivity contribution in [2.75, 3.05) is 25.1 Å². The third-order valence-corrected chi connectivity index (χ3v) is 3.81. The highest BCUT2D eigenvalue weighted by molar-refractivity contribution is 6.33. The van der Waals surface area contributed by atoms with Crippen molar-refractivity contribution in [2.45, 2.75) is 19.8 Å². The van der Waals surface area contributed by atoms with Gasteiger partial charge in [0.25, 0.3) is 5.91 Å². The second kappa shape index (κ2) is 11.1. The summed E-state index contributed by atoms with van der Waals surface area (Å²) in [5, 5.41) is 2.51. The molecular formula is C20H21ClFNO5. The lowest BCUT2D eigenvalue weighted by atomic mass is 10.3. The van der Waals surface area contributed by atoms with Gasteiger partial charge in [0.1, 0.15) is 5.82 Å². The highest BCUT2D eigenvalue weighted by Gasteiger charge is 2.11. The molecule has 2 aromatic carbocycles. The van der Waals surface area contributed by atoms with E-state index in [1.165, 1.54) is 6.07 Å². The van der Waals surface area contributed by atoms with Crippen LogP contribution in [0.1, 0.15) is 19.8 Å². The Hall–Kier alpha value is -2.80. The van der Waals surface area contributed by atoms with Crippen molar-refractivity contribution in [1.82, 2.24) is 0 Å². The Bertz CT molecular complexity index is 815. The van der Waals surface area contributed by atoms with Gasteiger partial charge >= 0.3 is 5.97 Å². The van der Waals surface area contributed by atoms with Gasteiger partial charge in [-0.05, 0) is 43.7 Å². The predicted octanol–water partition coefficient (Wildman–Crippen LogP) is 4.22. The lowest BCUT2D eigenvalue weighted by Crippen LogP contribution is -2.21. The first-order chi connectivity index (χ1) is 13.5. The first-order valence-corrected chi connectivity index (χ1v) is 9.12. The van der Waals surface area contributed by atoms with E-state index in [-0.39, 0.29) is 17.1 Å². The Labute approximate surface area is 167 Å². The predicted molar refractivity (Wildman–Crippen MR) is 103 cm³/mol. The summed E-state index contributed by atoms with van der Waals surface area (Å²) in [6.45, 7) is 2.25. The molecule has 0 saturated carbocycles. The molecule has 0 aliphatic carbocycles. The van der Waals surface area contributed by atoms with E-state index < -0.39 is 24.3 Å². The second-order valence-corrected chi connectivity index (χ2v) is 6.07.